The molecule has 2 rings (SSSR count). The zero-order valence-corrected chi connectivity index (χ0v) is 13.7. The Balaban J connectivity index is 2.36. The number of aromatic nitrogens is 1. The van der Waals surface area contributed by atoms with E-state index in [0.29, 0.717) is 5.69 Å². The van der Waals surface area contributed by atoms with Crippen molar-refractivity contribution >= 4 is 51.5 Å². The molecular weight excluding hydrogens is 409 g/mol. The molecule has 1 amide bonds. The smallest absolute Gasteiger partial charge is 0.300 e. The number of anilines is 1. The van der Waals surface area contributed by atoms with Gasteiger partial charge in [0.25, 0.3) is 11.6 Å². The number of nitrogens with zero attached hydrogens (tertiary/aromatic N) is 2. The predicted molar refractivity (Wildman–Crippen MR) is 87.8 cm³/mol. The highest BCUT2D eigenvalue weighted by atomic mass is 127. The average molecular weight is 418 g/mol. The SMILES string of the molecule is Cc1cc(I)ccc1NC(=O)c1cc(Cl)ncc1[N+](=O)[O-]. The van der Waals surface area contributed by atoms with E-state index in [1.54, 1.807) is 6.07 Å². The zero-order chi connectivity index (χ0) is 15.6. The molecule has 1 aromatic carbocycles. The predicted octanol–water partition coefficient (Wildman–Crippen LogP) is 3.81. The van der Waals surface area contributed by atoms with Gasteiger partial charge in [-0.05, 0) is 59.3 Å². The zero-order valence-electron chi connectivity index (χ0n) is 10.8. The highest BCUT2D eigenvalue weighted by molar-refractivity contribution is 14.1. The van der Waals surface area contributed by atoms with Gasteiger partial charge in [0.05, 0.1) is 4.92 Å². The number of nitro groups is 1. The number of hydrogen-bond acceptors (Lipinski definition) is 4. The van der Waals surface area contributed by atoms with Gasteiger partial charge in [0.15, 0.2) is 0 Å². The maximum absolute atomic E-state index is 12.2. The average Bonchev–Trinajstić information content (AvgIpc) is 2.41. The van der Waals surface area contributed by atoms with Crippen molar-refractivity contribution in [1.82, 2.24) is 4.98 Å². The van der Waals surface area contributed by atoms with Crippen LogP contribution in [0.3, 0.4) is 0 Å². The largest absolute Gasteiger partial charge is 0.322 e. The van der Waals surface area contributed by atoms with Crippen LogP contribution in [0.2, 0.25) is 5.15 Å². The molecule has 1 N–H and O–H groups in total. The first-order valence-corrected chi connectivity index (χ1v) is 7.21. The monoisotopic (exact) mass is 417 g/mol. The Labute approximate surface area is 138 Å². The molecule has 108 valence electrons. The molecule has 2 aromatic rings. The first-order valence-electron chi connectivity index (χ1n) is 5.76. The number of halogens is 2. The topological polar surface area (TPSA) is 85.1 Å². The fourth-order valence-corrected chi connectivity index (χ4v) is 2.51. The Hall–Kier alpha value is -1.74. The van der Waals surface area contributed by atoms with E-state index in [9.17, 15) is 14.9 Å². The molecule has 0 bridgehead atoms. The van der Waals surface area contributed by atoms with Crippen LogP contribution in [0.1, 0.15) is 15.9 Å². The Morgan fingerprint density at radius 3 is 2.76 bits per heavy atom. The molecule has 0 aliphatic heterocycles. The molecule has 0 aliphatic rings. The number of nitrogens with one attached hydrogen (secondary N) is 1. The lowest BCUT2D eigenvalue weighted by Crippen LogP contribution is -2.15. The molecule has 21 heavy (non-hydrogen) atoms. The van der Waals surface area contributed by atoms with Gasteiger partial charge >= 0.3 is 0 Å². The minimum Gasteiger partial charge on any atom is -0.322 e. The summed E-state index contributed by atoms with van der Waals surface area (Å²) in [5, 5.41) is 13.6. The summed E-state index contributed by atoms with van der Waals surface area (Å²) in [6.07, 6.45) is 0.970. The van der Waals surface area contributed by atoms with Crippen LogP contribution < -0.4 is 5.32 Å². The number of benzene rings is 1. The van der Waals surface area contributed by atoms with Crippen LogP contribution in [0, 0.1) is 20.6 Å². The molecule has 0 saturated heterocycles. The van der Waals surface area contributed by atoms with Gasteiger partial charge in [-0.2, -0.15) is 0 Å². The van der Waals surface area contributed by atoms with Crippen LogP contribution >= 0.6 is 34.2 Å². The van der Waals surface area contributed by atoms with Crippen molar-refractivity contribution in [1.29, 1.82) is 0 Å². The standard InChI is InChI=1S/C13H9ClIN3O3/c1-7-4-8(15)2-3-10(7)17-13(19)9-5-12(14)16-6-11(9)18(20)21/h2-6H,1H3,(H,17,19). The Morgan fingerprint density at radius 1 is 1.43 bits per heavy atom. The quantitative estimate of drug-likeness (QED) is 0.356. The fraction of sp³-hybridized carbons (Fsp3) is 0.0769. The van der Waals surface area contributed by atoms with E-state index < -0.39 is 10.8 Å². The molecule has 1 aromatic heterocycles. The first kappa shape index (κ1) is 15.6. The second kappa shape index (κ2) is 6.35. The van der Waals surface area contributed by atoms with Gasteiger partial charge in [-0.25, -0.2) is 4.98 Å². The van der Waals surface area contributed by atoms with Crippen LogP contribution in [0.4, 0.5) is 11.4 Å². The van der Waals surface area contributed by atoms with Crippen LogP contribution in [0.25, 0.3) is 0 Å². The third-order valence-electron chi connectivity index (χ3n) is 2.73. The second-order valence-corrected chi connectivity index (χ2v) is 5.83. The highest BCUT2D eigenvalue weighted by Crippen LogP contribution is 2.23. The van der Waals surface area contributed by atoms with E-state index in [1.807, 2.05) is 19.1 Å². The Morgan fingerprint density at radius 2 is 2.14 bits per heavy atom. The van der Waals surface area contributed by atoms with Crippen LogP contribution in [0.5, 0.6) is 0 Å². The van der Waals surface area contributed by atoms with Crippen LogP contribution in [0.15, 0.2) is 30.5 Å². The number of hydrogen-bond donors (Lipinski definition) is 1. The molecule has 0 spiro atoms. The van der Waals surface area contributed by atoms with E-state index in [0.717, 1.165) is 15.3 Å². The molecule has 0 unspecified atom stereocenters. The summed E-state index contributed by atoms with van der Waals surface area (Å²) in [5.41, 5.74) is 0.929. The molecule has 0 atom stereocenters. The summed E-state index contributed by atoms with van der Waals surface area (Å²) in [4.78, 5) is 26.1. The molecule has 0 radical (unpaired) electrons. The second-order valence-electron chi connectivity index (χ2n) is 4.19. The van der Waals surface area contributed by atoms with Gasteiger partial charge in [0.2, 0.25) is 0 Å². The first-order chi connectivity index (χ1) is 9.88. The minimum absolute atomic E-state index is 0.0186. The van der Waals surface area contributed by atoms with Gasteiger partial charge < -0.3 is 5.32 Å². The molecule has 1 heterocycles. The summed E-state index contributed by atoms with van der Waals surface area (Å²) < 4.78 is 1.03. The third-order valence-corrected chi connectivity index (χ3v) is 3.61. The van der Waals surface area contributed by atoms with Gasteiger partial charge in [-0.1, -0.05) is 11.6 Å². The van der Waals surface area contributed by atoms with Crippen LogP contribution in [-0.4, -0.2) is 15.8 Å². The molecule has 8 heteroatoms. The van der Waals surface area contributed by atoms with Crippen molar-refractivity contribution in [3.63, 3.8) is 0 Å². The normalized spacial score (nSPS) is 10.2. The maximum Gasteiger partial charge on any atom is 0.300 e. The van der Waals surface area contributed by atoms with Gasteiger partial charge in [0, 0.05) is 9.26 Å². The summed E-state index contributed by atoms with van der Waals surface area (Å²) in [7, 11) is 0. The van der Waals surface area contributed by atoms with E-state index in [1.165, 1.54) is 6.07 Å². The van der Waals surface area contributed by atoms with Crippen molar-refractivity contribution in [2.24, 2.45) is 0 Å². The Kier molecular flexibility index (Phi) is 4.73. The number of amides is 1. The van der Waals surface area contributed by atoms with Crippen molar-refractivity contribution in [3.8, 4) is 0 Å². The summed E-state index contributed by atoms with van der Waals surface area (Å²) in [5.74, 6) is -0.602. The lowest BCUT2D eigenvalue weighted by molar-refractivity contribution is -0.385. The Bertz CT molecular complexity index is 737. The van der Waals surface area contributed by atoms with Crippen LogP contribution in [-0.2, 0) is 0 Å². The van der Waals surface area contributed by atoms with Crippen molar-refractivity contribution in [3.05, 3.63) is 60.4 Å². The molecule has 0 saturated carbocycles. The number of pyridine rings is 1. The summed E-state index contributed by atoms with van der Waals surface area (Å²) in [6.45, 7) is 1.84. The molecule has 0 aliphatic carbocycles. The number of carbonyl (C=O) groups is 1. The summed E-state index contributed by atoms with van der Waals surface area (Å²) >= 11 is 7.86. The van der Waals surface area contributed by atoms with Crippen molar-refractivity contribution < 1.29 is 9.72 Å². The van der Waals surface area contributed by atoms with E-state index in [4.69, 9.17) is 11.6 Å². The highest BCUT2D eigenvalue weighted by Gasteiger charge is 2.21. The molecule has 0 fully saturated rings. The lowest BCUT2D eigenvalue weighted by atomic mass is 10.1. The van der Waals surface area contributed by atoms with Crippen molar-refractivity contribution in [2.45, 2.75) is 6.92 Å². The maximum atomic E-state index is 12.2. The van der Waals surface area contributed by atoms with E-state index >= 15 is 0 Å². The number of aryl methyl sites for hydroxylation is 1. The van der Waals surface area contributed by atoms with E-state index in [-0.39, 0.29) is 16.4 Å². The lowest BCUT2D eigenvalue weighted by Gasteiger charge is -2.09. The van der Waals surface area contributed by atoms with Gasteiger partial charge in [-0.3, -0.25) is 14.9 Å². The third kappa shape index (κ3) is 3.67. The van der Waals surface area contributed by atoms with Gasteiger partial charge in [0.1, 0.15) is 16.9 Å². The summed E-state index contributed by atoms with van der Waals surface area (Å²) in [6, 6.07) is 6.64. The van der Waals surface area contributed by atoms with Gasteiger partial charge in [-0.15, -0.1) is 0 Å². The number of rotatable bonds is 3. The molecule has 6 nitrogen and oxygen atoms in total. The van der Waals surface area contributed by atoms with Crippen molar-refractivity contribution in [2.75, 3.05) is 5.32 Å². The fourth-order valence-electron chi connectivity index (χ4n) is 1.71. The number of carbonyl (C=O) groups excluding carboxylic acids is 1. The molecular formula is C13H9ClIN3O3. The van der Waals surface area contributed by atoms with E-state index in [2.05, 4.69) is 32.9 Å². The minimum atomic E-state index is -0.668.